The molecular formula is C14H21I2O2S2-. The molecule has 6 heteroatoms. The van der Waals surface area contributed by atoms with Crippen molar-refractivity contribution in [2.45, 2.75) is 48.7 Å². The maximum atomic E-state index is 6.26. The molecule has 0 N–H and O–H groups in total. The van der Waals surface area contributed by atoms with Crippen LogP contribution >= 0.6 is 46.6 Å². The number of methoxy groups -OCH3 is 1. The van der Waals surface area contributed by atoms with Gasteiger partial charge in [-0.3, -0.25) is 0 Å². The van der Waals surface area contributed by atoms with Crippen LogP contribution in [0.3, 0.4) is 0 Å². The molecule has 0 spiro atoms. The van der Waals surface area contributed by atoms with Crippen LogP contribution in [0.4, 0.5) is 0 Å². The third-order valence-corrected chi connectivity index (χ3v) is 9.34. The molecule has 0 aromatic carbocycles. The second-order valence-electron chi connectivity index (χ2n) is 5.24. The van der Waals surface area contributed by atoms with Crippen LogP contribution in [0.2, 0.25) is 0 Å². The van der Waals surface area contributed by atoms with Gasteiger partial charge in [-0.1, -0.05) is 0 Å². The average molecular weight is 539 g/mol. The van der Waals surface area contributed by atoms with Crippen LogP contribution in [0.5, 0.6) is 0 Å². The second-order valence-corrected chi connectivity index (χ2v) is 11.3. The monoisotopic (exact) mass is 539 g/mol. The van der Waals surface area contributed by atoms with E-state index < -0.39 is 0 Å². The van der Waals surface area contributed by atoms with Crippen molar-refractivity contribution in [1.82, 2.24) is 0 Å². The number of ether oxygens (including phenoxy) is 1. The molecule has 0 radical (unpaired) electrons. The Kier molecular flexibility index (Phi) is 8.06. The Labute approximate surface area is 156 Å². The molecular weight excluding hydrogens is 518 g/mol. The van der Waals surface area contributed by atoms with Gasteiger partial charge in [0, 0.05) is 0 Å². The van der Waals surface area contributed by atoms with E-state index in [1.54, 1.807) is 0 Å². The molecule has 1 heterocycles. The Bertz CT molecular complexity index is 372. The number of allylic oxidation sites excluding steroid dienone is 2. The van der Waals surface area contributed by atoms with Crippen LogP contribution in [0, 0.1) is 5.92 Å². The quantitative estimate of drug-likeness (QED) is 0.299. The van der Waals surface area contributed by atoms with Gasteiger partial charge in [0.15, 0.2) is 0 Å². The fourth-order valence-corrected chi connectivity index (χ4v) is 7.90. The minimum absolute atomic E-state index is 0.253. The number of hydrogen-bond donors (Lipinski definition) is 0. The van der Waals surface area contributed by atoms with Crippen molar-refractivity contribution in [3.8, 4) is 0 Å². The molecule has 1 aliphatic heterocycles. The predicted molar refractivity (Wildman–Crippen MR) is 94.2 cm³/mol. The van der Waals surface area contributed by atoms with E-state index in [2.05, 4.69) is 35.6 Å². The molecule has 1 saturated heterocycles. The van der Waals surface area contributed by atoms with Crippen molar-refractivity contribution in [3.05, 3.63) is 9.66 Å². The Morgan fingerprint density at radius 3 is 2.80 bits per heavy atom. The van der Waals surface area contributed by atoms with Gasteiger partial charge in [0.2, 0.25) is 0 Å². The van der Waals surface area contributed by atoms with Crippen LogP contribution in [0.15, 0.2) is 9.66 Å². The van der Waals surface area contributed by atoms with Crippen LogP contribution < -0.4 is 21.6 Å². The van der Waals surface area contributed by atoms with Gasteiger partial charge in [-0.25, -0.2) is 0 Å². The van der Waals surface area contributed by atoms with Crippen molar-refractivity contribution in [2.24, 2.45) is 5.92 Å². The third-order valence-electron chi connectivity index (χ3n) is 3.68. The summed E-state index contributed by atoms with van der Waals surface area (Å²) in [4.78, 5) is 0. The molecule has 4 atom stereocenters. The molecule has 0 aromatic rings. The first-order valence-corrected chi connectivity index (χ1v) is 11.5. The van der Waals surface area contributed by atoms with Crippen molar-refractivity contribution >= 4 is 50.8 Å². The predicted octanol–water partition coefficient (Wildman–Crippen LogP) is 1.36. The number of thiocarbonyl (C=S) groups is 1. The molecule has 0 aromatic heterocycles. The molecule has 3 unspecified atom stereocenters. The molecule has 0 bridgehead atoms. The van der Waals surface area contributed by atoms with E-state index in [0.29, 0.717) is 15.9 Å². The molecule has 1 saturated carbocycles. The van der Waals surface area contributed by atoms with Gasteiger partial charge >= 0.3 is 157 Å². The van der Waals surface area contributed by atoms with Crippen molar-refractivity contribution in [2.75, 3.05) is 12.9 Å². The zero-order valence-electron chi connectivity index (χ0n) is 11.8. The zero-order chi connectivity index (χ0) is 14.5. The first kappa shape index (κ1) is 17.9. The summed E-state index contributed by atoms with van der Waals surface area (Å²) in [5.74, 6) is 1.84. The van der Waals surface area contributed by atoms with Gasteiger partial charge in [0.25, 0.3) is 0 Å². The molecule has 2 fully saturated rings. The molecule has 0 amide bonds. The first-order chi connectivity index (χ1) is 9.60. The van der Waals surface area contributed by atoms with E-state index >= 15 is 0 Å². The SMILES string of the molecule is CO[C@@H]1CC(/C=C(\C)I)CCC1O[I-]C1CCSC1=S. The molecule has 116 valence electrons. The van der Waals surface area contributed by atoms with Crippen molar-refractivity contribution in [1.29, 1.82) is 0 Å². The molecule has 20 heavy (non-hydrogen) atoms. The summed E-state index contributed by atoms with van der Waals surface area (Å²) in [5.41, 5.74) is 0. The minimum atomic E-state index is -0.268. The van der Waals surface area contributed by atoms with Gasteiger partial charge < -0.3 is 0 Å². The number of alkyl halides is 1. The van der Waals surface area contributed by atoms with E-state index in [0.717, 1.165) is 12.8 Å². The number of thioether (sulfide) groups is 1. The average Bonchev–Trinajstić information content (AvgIpc) is 2.82. The van der Waals surface area contributed by atoms with Crippen LogP contribution in [-0.4, -0.2) is 33.2 Å². The van der Waals surface area contributed by atoms with E-state index in [9.17, 15) is 0 Å². The number of rotatable bonds is 5. The summed E-state index contributed by atoms with van der Waals surface area (Å²) in [6.45, 7) is 2.16. The molecule has 2 rings (SSSR count). The number of halogens is 2. The standard InChI is InChI=1S/C14H21I2O2S2/c1-9(15)7-10-3-4-12(13(8-10)17-2)18-16-11-5-6-20-14(11)19/h7,10-13H,3-6,8H2,1-2H3/q-1/b9-7+/t10?,11?,12?,13-/m1/s1. The summed E-state index contributed by atoms with van der Waals surface area (Å²) in [6, 6.07) is 0. The molecule has 1 aliphatic carbocycles. The van der Waals surface area contributed by atoms with E-state index in [1.807, 2.05) is 18.9 Å². The number of hydrogen-bond acceptors (Lipinski definition) is 4. The first-order valence-electron chi connectivity index (χ1n) is 6.92. The summed E-state index contributed by atoms with van der Waals surface area (Å²) in [5, 5.41) is 0. The fourth-order valence-electron chi connectivity index (χ4n) is 2.64. The summed E-state index contributed by atoms with van der Waals surface area (Å²) >= 11 is 9.37. The van der Waals surface area contributed by atoms with E-state index in [-0.39, 0.29) is 27.7 Å². The fraction of sp³-hybridized carbons (Fsp3) is 0.786. The second kappa shape index (κ2) is 9.00. The molecule has 2 aliphatic rings. The van der Waals surface area contributed by atoms with E-state index in [1.165, 1.54) is 26.4 Å². The van der Waals surface area contributed by atoms with Crippen LogP contribution in [0.25, 0.3) is 0 Å². The normalized spacial score (nSPS) is 35.8. The van der Waals surface area contributed by atoms with Gasteiger partial charge in [-0.05, 0) is 0 Å². The summed E-state index contributed by atoms with van der Waals surface area (Å²) in [7, 11) is 1.82. The zero-order valence-corrected chi connectivity index (χ0v) is 17.8. The van der Waals surface area contributed by atoms with E-state index in [4.69, 9.17) is 20.0 Å². The Balaban J connectivity index is 1.83. The van der Waals surface area contributed by atoms with Gasteiger partial charge in [-0.2, -0.15) is 0 Å². The van der Waals surface area contributed by atoms with Gasteiger partial charge in [0.1, 0.15) is 0 Å². The van der Waals surface area contributed by atoms with Gasteiger partial charge in [0.05, 0.1) is 0 Å². The third kappa shape index (κ3) is 5.33. The van der Waals surface area contributed by atoms with Crippen LogP contribution in [-0.2, 0) is 7.80 Å². The topological polar surface area (TPSA) is 18.5 Å². The summed E-state index contributed by atoms with van der Waals surface area (Å²) in [6.07, 6.45) is 7.58. The Morgan fingerprint density at radius 2 is 2.20 bits per heavy atom. The van der Waals surface area contributed by atoms with Crippen molar-refractivity contribution in [3.63, 3.8) is 0 Å². The van der Waals surface area contributed by atoms with Gasteiger partial charge in [-0.15, -0.1) is 0 Å². The Hall–Kier alpha value is 1.56. The summed E-state index contributed by atoms with van der Waals surface area (Å²) < 4.78 is 15.1. The Morgan fingerprint density at radius 1 is 1.40 bits per heavy atom. The van der Waals surface area contributed by atoms with Crippen LogP contribution in [0.1, 0.15) is 32.6 Å². The molecule has 2 nitrogen and oxygen atoms in total. The van der Waals surface area contributed by atoms with Crippen molar-refractivity contribution < 1.29 is 29.4 Å². The maximum absolute atomic E-state index is 6.26.